The number of carboxylic acids is 1. The third-order valence-electron chi connectivity index (χ3n) is 8.08. The molecule has 0 saturated carbocycles. The Kier molecular flexibility index (Phi) is 16.0. The molecule has 2 heterocycles. The van der Waals surface area contributed by atoms with Crippen LogP contribution in [0.4, 0.5) is 0 Å². The number of carboxylic acid groups (broad SMARTS) is 1. The van der Waals surface area contributed by atoms with E-state index in [2.05, 4.69) is 15.9 Å². The molecule has 12 heteroatoms. The highest BCUT2D eigenvalue weighted by atomic mass is 35.5. The Hall–Kier alpha value is -3.85. The van der Waals surface area contributed by atoms with Crippen molar-refractivity contribution in [3.05, 3.63) is 81.3 Å². The van der Waals surface area contributed by atoms with E-state index in [1.807, 2.05) is 55.6 Å². The van der Waals surface area contributed by atoms with Crippen LogP contribution in [0.3, 0.4) is 0 Å². The van der Waals surface area contributed by atoms with Gasteiger partial charge in [0, 0.05) is 77.1 Å². The van der Waals surface area contributed by atoms with Gasteiger partial charge in [-0.05, 0) is 60.5 Å². The van der Waals surface area contributed by atoms with Gasteiger partial charge in [-0.3, -0.25) is 19.3 Å². The number of piperidine rings is 1. The van der Waals surface area contributed by atoms with Crippen molar-refractivity contribution in [1.82, 2.24) is 14.7 Å². The first-order valence-electron chi connectivity index (χ1n) is 15.2. The summed E-state index contributed by atoms with van der Waals surface area (Å²) < 4.78 is 0. The van der Waals surface area contributed by atoms with E-state index in [0.717, 1.165) is 68.7 Å². The first-order valence-corrected chi connectivity index (χ1v) is 15.9. The van der Waals surface area contributed by atoms with E-state index in [4.69, 9.17) is 37.9 Å². The Morgan fingerprint density at radius 3 is 2.30 bits per heavy atom. The molecule has 1 atom stereocenters. The van der Waals surface area contributed by atoms with Crippen molar-refractivity contribution < 1.29 is 29.8 Å². The number of carbonyl (C=O) groups excluding carboxylic acids is 3. The van der Waals surface area contributed by atoms with Crippen LogP contribution in [0.2, 0.25) is 10.0 Å². The Labute approximate surface area is 285 Å². The third-order valence-corrected chi connectivity index (χ3v) is 8.82. The highest BCUT2D eigenvalue weighted by Gasteiger charge is 2.33. The van der Waals surface area contributed by atoms with Gasteiger partial charge in [-0.25, -0.2) is 0 Å². The molecule has 0 radical (unpaired) electrons. The first kappa shape index (κ1) is 39.3. The summed E-state index contributed by atoms with van der Waals surface area (Å²) in [6.07, 6.45) is 2.95. The van der Waals surface area contributed by atoms with Crippen LogP contribution in [-0.4, -0.2) is 102 Å². The Bertz CT molecular complexity index is 1570. The van der Waals surface area contributed by atoms with Crippen molar-refractivity contribution in [3.63, 3.8) is 0 Å². The molecular weight excluding hydrogens is 643 g/mol. The van der Waals surface area contributed by atoms with E-state index in [-0.39, 0.29) is 17.3 Å². The lowest BCUT2D eigenvalue weighted by molar-refractivity contribution is -0.134. The molecule has 3 N–H and O–H groups in total. The fourth-order valence-corrected chi connectivity index (χ4v) is 6.04. The molecule has 0 aliphatic carbocycles. The number of benzene rings is 3. The predicted octanol–water partition coefficient (Wildman–Crippen LogP) is 5.08. The summed E-state index contributed by atoms with van der Waals surface area (Å²) in [7, 11) is 1.82. The zero-order valence-corrected chi connectivity index (χ0v) is 28.4. The smallest absolute Gasteiger partial charge is 0.300 e. The predicted molar refractivity (Wildman–Crippen MR) is 184 cm³/mol. The molecular formula is C35H42Cl2N4O6. The number of Topliss-reactive ketones (excluding diaryl/α,β-unsaturated/α-hetero) is 1. The molecule has 10 nitrogen and oxygen atoms in total. The van der Waals surface area contributed by atoms with Crippen LogP contribution in [0.1, 0.15) is 60.5 Å². The van der Waals surface area contributed by atoms with Crippen LogP contribution in [0.15, 0.2) is 54.6 Å². The minimum atomic E-state index is -0.833. The summed E-state index contributed by atoms with van der Waals surface area (Å²) in [5, 5.41) is 19.7. The van der Waals surface area contributed by atoms with Gasteiger partial charge in [-0.2, -0.15) is 5.26 Å². The summed E-state index contributed by atoms with van der Waals surface area (Å²) in [4.78, 5) is 49.7. The zero-order valence-electron chi connectivity index (χ0n) is 26.9. The second-order valence-corrected chi connectivity index (χ2v) is 12.3. The highest BCUT2D eigenvalue weighted by molar-refractivity contribution is 6.42. The quantitative estimate of drug-likeness (QED) is 0.322. The van der Waals surface area contributed by atoms with Crippen molar-refractivity contribution >= 4 is 57.9 Å². The number of likely N-dealkylation sites (tertiary alicyclic amines) is 2. The van der Waals surface area contributed by atoms with E-state index in [1.54, 1.807) is 11.0 Å². The average Bonchev–Trinajstić information content (AvgIpc) is 3.01. The van der Waals surface area contributed by atoms with Gasteiger partial charge >= 0.3 is 0 Å². The van der Waals surface area contributed by atoms with Crippen LogP contribution in [0.5, 0.6) is 0 Å². The van der Waals surface area contributed by atoms with Gasteiger partial charge in [-0.15, -0.1) is 0 Å². The van der Waals surface area contributed by atoms with E-state index in [9.17, 15) is 14.9 Å². The topological polar surface area (TPSA) is 154 Å². The second-order valence-electron chi connectivity index (χ2n) is 11.4. The molecule has 2 aliphatic heterocycles. The van der Waals surface area contributed by atoms with Crippen molar-refractivity contribution in [2.45, 2.75) is 45.1 Å². The fraction of sp³-hybridized carbons (Fsp3) is 0.400. The number of halogens is 2. The number of hydrogen-bond donors (Lipinski definition) is 1. The SMILES string of the molecule is CC(=O)O.CC=O.CN(C[C@@H](CCN1CC(N2CCC(=O)CC2)C1)c1ccc(Cl)c(Cl)c1)C(=O)c1cc(C#N)cc2ccccc12.O. The number of fused-ring (bicyclic) bond motifs is 1. The Balaban J connectivity index is 0.000000878. The number of carbonyl (C=O) groups is 4. The summed E-state index contributed by atoms with van der Waals surface area (Å²) >= 11 is 12.6. The minimum absolute atomic E-state index is 0. The number of nitrogens with zero attached hydrogens (tertiary/aromatic N) is 4. The number of hydrogen-bond acceptors (Lipinski definition) is 7. The van der Waals surface area contributed by atoms with E-state index in [0.29, 0.717) is 52.4 Å². The van der Waals surface area contributed by atoms with Crippen molar-refractivity contribution in [1.29, 1.82) is 5.26 Å². The summed E-state index contributed by atoms with van der Waals surface area (Å²) in [6.45, 7) is 7.69. The normalized spacial score (nSPS) is 15.4. The molecule has 0 aromatic heterocycles. The first-order chi connectivity index (χ1) is 22.0. The molecule has 47 heavy (non-hydrogen) atoms. The van der Waals surface area contributed by atoms with Crippen LogP contribution >= 0.6 is 23.2 Å². The number of likely N-dealkylation sites (N-methyl/N-ethyl adjacent to an activating group) is 1. The van der Waals surface area contributed by atoms with Gasteiger partial charge in [0.1, 0.15) is 12.1 Å². The van der Waals surface area contributed by atoms with Gasteiger partial charge in [-0.1, -0.05) is 53.5 Å². The lowest BCUT2D eigenvalue weighted by atomic mass is 9.93. The van der Waals surface area contributed by atoms with Crippen LogP contribution in [0.25, 0.3) is 10.8 Å². The number of amides is 1. The van der Waals surface area contributed by atoms with E-state index < -0.39 is 5.97 Å². The molecule has 2 fully saturated rings. The standard InChI is InChI=1S/C31H32Cl2N4O2.C2H4O2.C2H4O.H2O/c1-35(31(39)28-15-21(17-34)14-23-4-2-3-5-27(23)28)18-24(22-6-7-29(32)30(33)16-22)8-11-36-19-25(20-36)37-12-9-26(38)10-13-37;1-2(3)4;1-2-3;/h2-7,14-16,24-25H,8-13,18-20H2,1H3;1H3,(H,3,4);2H,1H3;1H2/t24-;;;/m1.../s1. The monoisotopic (exact) mass is 684 g/mol. The van der Waals surface area contributed by atoms with Gasteiger partial charge in [0.05, 0.1) is 21.7 Å². The van der Waals surface area contributed by atoms with Crippen molar-refractivity contribution in [2.75, 3.05) is 46.3 Å². The lowest BCUT2D eigenvalue weighted by Gasteiger charge is -2.47. The molecule has 5 rings (SSSR count). The molecule has 2 saturated heterocycles. The molecule has 1 amide bonds. The summed E-state index contributed by atoms with van der Waals surface area (Å²) in [5.41, 5.74) is 2.05. The fourth-order valence-electron chi connectivity index (χ4n) is 5.73. The zero-order chi connectivity index (χ0) is 33.8. The van der Waals surface area contributed by atoms with Crippen molar-refractivity contribution in [3.8, 4) is 6.07 Å². The number of ketones is 1. The third kappa shape index (κ3) is 11.4. The molecule has 3 aromatic rings. The molecule has 252 valence electrons. The van der Waals surface area contributed by atoms with Crippen molar-refractivity contribution in [2.24, 2.45) is 0 Å². The molecule has 0 spiro atoms. The van der Waals surface area contributed by atoms with E-state index >= 15 is 0 Å². The van der Waals surface area contributed by atoms with E-state index in [1.165, 1.54) is 6.92 Å². The molecule has 3 aromatic carbocycles. The number of aliphatic carboxylic acids is 1. The molecule has 0 unspecified atom stereocenters. The largest absolute Gasteiger partial charge is 0.481 e. The van der Waals surface area contributed by atoms with Gasteiger partial charge in [0.2, 0.25) is 0 Å². The van der Waals surface area contributed by atoms with Crippen LogP contribution < -0.4 is 0 Å². The summed E-state index contributed by atoms with van der Waals surface area (Å²) in [6, 6.07) is 19.6. The Morgan fingerprint density at radius 1 is 1.09 bits per heavy atom. The maximum Gasteiger partial charge on any atom is 0.300 e. The number of rotatable bonds is 8. The average molecular weight is 686 g/mol. The molecule has 0 bridgehead atoms. The van der Waals surface area contributed by atoms with Crippen LogP contribution in [-0.2, 0) is 14.4 Å². The second kappa shape index (κ2) is 19.1. The number of nitriles is 1. The van der Waals surface area contributed by atoms with Gasteiger partial charge < -0.3 is 25.2 Å². The molecule has 2 aliphatic rings. The highest BCUT2D eigenvalue weighted by Crippen LogP contribution is 2.31. The minimum Gasteiger partial charge on any atom is -0.481 e. The van der Waals surface area contributed by atoms with Gasteiger partial charge in [0.25, 0.3) is 11.9 Å². The van der Waals surface area contributed by atoms with Crippen LogP contribution in [0, 0.1) is 11.3 Å². The maximum absolute atomic E-state index is 13.7. The Morgan fingerprint density at radius 2 is 1.70 bits per heavy atom. The van der Waals surface area contributed by atoms with Gasteiger partial charge in [0.15, 0.2) is 0 Å². The maximum atomic E-state index is 13.7. The summed E-state index contributed by atoms with van der Waals surface area (Å²) in [5.74, 6) is -0.513. The lowest BCUT2D eigenvalue weighted by Crippen LogP contribution is -2.60. The number of aldehydes is 1.